The molecule has 1 saturated carbocycles. The van der Waals surface area contributed by atoms with Crippen molar-refractivity contribution in [1.82, 2.24) is 10.2 Å². The number of carbonyl (C=O) groups excluding carboxylic acids is 1. The van der Waals surface area contributed by atoms with Crippen molar-refractivity contribution in [1.29, 1.82) is 0 Å². The van der Waals surface area contributed by atoms with Gasteiger partial charge < -0.3 is 15.0 Å². The van der Waals surface area contributed by atoms with Gasteiger partial charge in [0.2, 0.25) is 0 Å². The summed E-state index contributed by atoms with van der Waals surface area (Å²) in [5.74, 6) is 1.06. The van der Waals surface area contributed by atoms with E-state index in [2.05, 4.69) is 31.0 Å². The second kappa shape index (κ2) is 5.64. The van der Waals surface area contributed by atoms with Crippen molar-refractivity contribution in [3.05, 3.63) is 0 Å². The lowest BCUT2D eigenvalue weighted by molar-refractivity contribution is -0.150. The minimum absolute atomic E-state index is 0.0956. The number of likely N-dealkylation sites (N-methyl/N-ethyl adjacent to an activating group) is 1. The highest BCUT2D eigenvalue weighted by molar-refractivity contribution is 5.82. The second-order valence-electron chi connectivity index (χ2n) is 7.57. The molecule has 2 rings (SSSR count). The van der Waals surface area contributed by atoms with E-state index >= 15 is 0 Å². The molecule has 116 valence electrons. The summed E-state index contributed by atoms with van der Waals surface area (Å²) in [5.41, 5.74) is -0.149. The first-order chi connectivity index (χ1) is 9.33. The van der Waals surface area contributed by atoms with Crippen LogP contribution in [0.2, 0.25) is 0 Å². The van der Waals surface area contributed by atoms with Crippen molar-refractivity contribution in [3.63, 3.8) is 0 Å². The Morgan fingerprint density at radius 3 is 2.30 bits per heavy atom. The quantitative estimate of drug-likeness (QED) is 0.782. The van der Waals surface area contributed by atoms with Crippen LogP contribution in [0.5, 0.6) is 0 Å². The SMILES string of the molecule is CNC(CN1CCC(C(C)(C)C)C1)(C(=O)OC)C1CC1. The molecule has 0 aromatic heterocycles. The molecule has 20 heavy (non-hydrogen) atoms. The van der Waals surface area contributed by atoms with Crippen molar-refractivity contribution in [2.45, 2.75) is 45.6 Å². The summed E-state index contributed by atoms with van der Waals surface area (Å²) < 4.78 is 5.08. The van der Waals surface area contributed by atoms with Crippen molar-refractivity contribution >= 4 is 5.97 Å². The number of nitrogens with zero attached hydrogens (tertiary/aromatic N) is 1. The predicted molar refractivity (Wildman–Crippen MR) is 80.5 cm³/mol. The molecule has 0 amide bonds. The number of methoxy groups -OCH3 is 1. The first kappa shape index (κ1) is 15.8. The van der Waals surface area contributed by atoms with Gasteiger partial charge in [0.05, 0.1) is 7.11 Å². The van der Waals surface area contributed by atoms with Gasteiger partial charge in [0.25, 0.3) is 0 Å². The Hall–Kier alpha value is -0.610. The molecule has 1 saturated heterocycles. The Balaban J connectivity index is 2.04. The van der Waals surface area contributed by atoms with Crippen LogP contribution in [-0.2, 0) is 9.53 Å². The molecule has 2 unspecified atom stereocenters. The first-order valence-corrected chi connectivity index (χ1v) is 7.83. The second-order valence-corrected chi connectivity index (χ2v) is 7.57. The fraction of sp³-hybridized carbons (Fsp3) is 0.938. The highest BCUT2D eigenvalue weighted by atomic mass is 16.5. The maximum absolute atomic E-state index is 12.3. The lowest BCUT2D eigenvalue weighted by atomic mass is 9.80. The van der Waals surface area contributed by atoms with Gasteiger partial charge in [0.15, 0.2) is 0 Å². The summed E-state index contributed by atoms with van der Waals surface area (Å²) in [5, 5.41) is 3.29. The van der Waals surface area contributed by atoms with Crippen LogP contribution in [0.25, 0.3) is 0 Å². The van der Waals surface area contributed by atoms with E-state index in [4.69, 9.17) is 4.74 Å². The molecule has 2 fully saturated rings. The third-order valence-electron chi connectivity index (χ3n) is 5.24. The summed E-state index contributed by atoms with van der Waals surface area (Å²) in [6.07, 6.45) is 3.49. The van der Waals surface area contributed by atoms with E-state index < -0.39 is 5.54 Å². The molecule has 1 aliphatic heterocycles. The first-order valence-electron chi connectivity index (χ1n) is 7.83. The van der Waals surface area contributed by atoms with E-state index in [0.29, 0.717) is 17.3 Å². The predicted octanol–water partition coefficient (Wildman–Crippen LogP) is 1.90. The normalized spacial score (nSPS) is 27.4. The molecule has 0 bridgehead atoms. The molecule has 4 nitrogen and oxygen atoms in total. The minimum Gasteiger partial charge on any atom is -0.468 e. The fourth-order valence-corrected chi connectivity index (χ4v) is 3.54. The Morgan fingerprint density at radius 2 is 1.90 bits per heavy atom. The standard InChI is InChI=1S/C16H30N2O2/c1-15(2,3)13-8-9-18(10-13)11-16(17-4,12-6-7-12)14(19)20-5/h12-13,17H,6-11H2,1-5H3. The molecule has 0 aromatic rings. The van der Waals surface area contributed by atoms with Crippen LogP contribution >= 0.6 is 0 Å². The zero-order valence-corrected chi connectivity index (χ0v) is 13.7. The number of hydrogen-bond acceptors (Lipinski definition) is 4. The zero-order chi connectivity index (χ0) is 15.0. The molecule has 0 aromatic carbocycles. The fourth-order valence-electron chi connectivity index (χ4n) is 3.54. The van der Waals surface area contributed by atoms with E-state index in [1.54, 1.807) is 0 Å². The Bertz CT molecular complexity index is 360. The zero-order valence-electron chi connectivity index (χ0n) is 13.7. The number of nitrogens with one attached hydrogen (secondary N) is 1. The molecule has 1 N–H and O–H groups in total. The molecular formula is C16H30N2O2. The van der Waals surface area contributed by atoms with Gasteiger partial charge in [-0.2, -0.15) is 0 Å². The molecule has 0 spiro atoms. The van der Waals surface area contributed by atoms with Crippen LogP contribution in [0.1, 0.15) is 40.0 Å². The monoisotopic (exact) mass is 282 g/mol. The van der Waals surface area contributed by atoms with Crippen LogP contribution in [0.15, 0.2) is 0 Å². The molecule has 2 aliphatic rings. The smallest absolute Gasteiger partial charge is 0.327 e. The van der Waals surface area contributed by atoms with E-state index in [1.165, 1.54) is 13.5 Å². The number of likely N-dealkylation sites (tertiary alicyclic amines) is 1. The number of hydrogen-bond donors (Lipinski definition) is 1. The number of rotatable bonds is 5. The maximum atomic E-state index is 12.3. The van der Waals surface area contributed by atoms with Crippen LogP contribution in [0.3, 0.4) is 0 Å². The van der Waals surface area contributed by atoms with Crippen molar-refractivity contribution in [2.75, 3.05) is 33.8 Å². The number of carbonyl (C=O) groups is 1. The van der Waals surface area contributed by atoms with Crippen LogP contribution in [0, 0.1) is 17.3 Å². The van der Waals surface area contributed by atoms with Crippen LogP contribution in [-0.4, -0.2) is 50.2 Å². The summed E-state index contributed by atoms with van der Waals surface area (Å²) >= 11 is 0. The Kier molecular flexibility index (Phi) is 4.45. The molecular weight excluding hydrogens is 252 g/mol. The molecule has 1 heterocycles. The van der Waals surface area contributed by atoms with Crippen LogP contribution in [0.4, 0.5) is 0 Å². The van der Waals surface area contributed by atoms with Crippen molar-refractivity contribution in [2.24, 2.45) is 17.3 Å². The Morgan fingerprint density at radius 1 is 1.25 bits per heavy atom. The van der Waals surface area contributed by atoms with Gasteiger partial charge in [0.1, 0.15) is 5.54 Å². The van der Waals surface area contributed by atoms with Gasteiger partial charge >= 0.3 is 5.97 Å². The van der Waals surface area contributed by atoms with E-state index in [9.17, 15) is 4.79 Å². The third-order valence-corrected chi connectivity index (χ3v) is 5.24. The van der Waals surface area contributed by atoms with Crippen molar-refractivity contribution in [3.8, 4) is 0 Å². The van der Waals surface area contributed by atoms with E-state index in [1.807, 2.05) is 7.05 Å². The average molecular weight is 282 g/mol. The molecule has 0 radical (unpaired) electrons. The molecule has 1 aliphatic carbocycles. The van der Waals surface area contributed by atoms with Gasteiger partial charge in [0, 0.05) is 13.1 Å². The summed E-state index contributed by atoms with van der Waals surface area (Å²) in [6.45, 7) is 9.91. The third kappa shape index (κ3) is 3.01. The average Bonchev–Trinajstić information content (AvgIpc) is 3.13. The topological polar surface area (TPSA) is 41.6 Å². The Labute approximate surface area is 123 Å². The van der Waals surface area contributed by atoms with E-state index in [0.717, 1.165) is 32.5 Å². The molecule has 4 heteroatoms. The van der Waals surface area contributed by atoms with E-state index in [-0.39, 0.29) is 5.97 Å². The summed E-state index contributed by atoms with van der Waals surface area (Å²) in [4.78, 5) is 14.7. The minimum atomic E-state index is -0.498. The highest BCUT2D eigenvalue weighted by Gasteiger charge is 2.52. The van der Waals surface area contributed by atoms with Crippen molar-refractivity contribution < 1.29 is 9.53 Å². The number of esters is 1. The summed E-state index contributed by atoms with van der Waals surface area (Å²) in [7, 11) is 3.39. The maximum Gasteiger partial charge on any atom is 0.327 e. The highest BCUT2D eigenvalue weighted by Crippen LogP contribution is 2.42. The summed E-state index contributed by atoms with van der Waals surface area (Å²) in [6, 6.07) is 0. The lowest BCUT2D eigenvalue weighted by Gasteiger charge is -2.35. The largest absolute Gasteiger partial charge is 0.468 e. The van der Waals surface area contributed by atoms with Gasteiger partial charge in [-0.3, -0.25) is 0 Å². The number of ether oxygens (including phenoxy) is 1. The lowest BCUT2D eigenvalue weighted by Crippen LogP contribution is -2.59. The molecule has 2 atom stereocenters. The van der Waals surface area contributed by atoms with Gasteiger partial charge in [-0.15, -0.1) is 0 Å². The van der Waals surface area contributed by atoms with Crippen LogP contribution < -0.4 is 5.32 Å². The van der Waals surface area contributed by atoms with Gasteiger partial charge in [-0.05, 0) is 50.1 Å². The van der Waals surface area contributed by atoms with Gasteiger partial charge in [-0.25, -0.2) is 4.79 Å². The van der Waals surface area contributed by atoms with Gasteiger partial charge in [-0.1, -0.05) is 20.8 Å².